The van der Waals surface area contributed by atoms with Crippen LogP contribution in [0.25, 0.3) is 0 Å². The molecule has 0 radical (unpaired) electrons. The van der Waals surface area contributed by atoms with Crippen molar-refractivity contribution >= 4 is 6.09 Å². The Balaban J connectivity index is 1.52. The number of nitrogens with zero attached hydrogens (tertiary/aromatic N) is 2. The zero-order valence-electron chi connectivity index (χ0n) is 15.7. The summed E-state index contributed by atoms with van der Waals surface area (Å²) >= 11 is 0. The van der Waals surface area contributed by atoms with Crippen LogP contribution in [-0.2, 0) is 10.9 Å². The van der Waals surface area contributed by atoms with Crippen LogP contribution in [0.15, 0.2) is 12.3 Å². The maximum absolute atomic E-state index is 12.7. The van der Waals surface area contributed by atoms with Gasteiger partial charge in [-0.1, -0.05) is 0 Å². The Hall–Kier alpha value is -2.19. The highest BCUT2D eigenvalue weighted by molar-refractivity contribution is 5.69. The topological polar surface area (TPSA) is 60.9 Å². The second-order valence-corrected chi connectivity index (χ2v) is 7.92. The van der Waals surface area contributed by atoms with Crippen molar-refractivity contribution in [2.45, 2.75) is 32.5 Å². The maximum Gasteiger partial charge on any atom is 0.418 e. The fourth-order valence-corrected chi connectivity index (χ4v) is 3.39. The number of halogens is 3. The predicted molar refractivity (Wildman–Crippen MR) is 89.6 cm³/mol. The molecule has 3 rings (SSSR count). The number of piperidine rings is 1. The van der Waals surface area contributed by atoms with Gasteiger partial charge in [-0.15, -0.1) is 0 Å². The van der Waals surface area contributed by atoms with E-state index in [0.717, 1.165) is 12.3 Å². The van der Waals surface area contributed by atoms with Gasteiger partial charge in [-0.25, -0.2) is 9.78 Å². The van der Waals surface area contributed by atoms with E-state index in [2.05, 4.69) is 4.98 Å². The summed E-state index contributed by atoms with van der Waals surface area (Å²) in [4.78, 5) is 17.5. The number of rotatable bonds is 4. The minimum Gasteiger partial charge on any atom is -0.491 e. The van der Waals surface area contributed by atoms with E-state index < -0.39 is 17.3 Å². The van der Waals surface area contributed by atoms with Gasteiger partial charge in [0.2, 0.25) is 0 Å². The number of hydrogen-bond donors (Lipinski definition) is 0. The summed E-state index contributed by atoms with van der Waals surface area (Å²) in [5.74, 6) is 0.874. The summed E-state index contributed by atoms with van der Waals surface area (Å²) in [6.07, 6.45) is -4.08. The summed E-state index contributed by atoms with van der Waals surface area (Å²) < 4.78 is 54.1. The highest BCUT2D eigenvalue weighted by atomic mass is 19.4. The summed E-state index contributed by atoms with van der Waals surface area (Å²) in [7, 11) is 1.27. The minimum atomic E-state index is -4.49. The molecular formula is C18H23F3N2O4. The number of carbonyl (C=O) groups excluding carboxylic acids is 1. The highest BCUT2D eigenvalue weighted by Crippen LogP contribution is 2.52. The van der Waals surface area contributed by atoms with Crippen molar-refractivity contribution in [3.05, 3.63) is 17.8 Å². The third-order valence-electron chi connectivity index (χ3n) is 4.80. The van der Waals surface area contributed by atoms with Crippen molar-refractivity contribution in [1.82, 2.24) is 9.88 Å². The molecule has 9 heteroatoms. The van der Waals surface area contributed by atoms with Crippen molar-refractivity contribution in [3.8, 4) is 11.6 Å². The summed E-state index contributed by atoms with van der Waals surface area (Å²) in [6.45, 7) is 7.00. The number of aromatic nitrogens is 1. The van der Waals surface area contributed by atoms with Gasteiger partial charge in [-0.05, 0) is 38.7 Å². The van der Waals surface area contributed by atoms with E-state index in [1.807, 2.05) is 20.8 Å². The molecule has 1 aromatic heterocycles. The Labute approximate surface area is 155 Å². The van der Waals surface area contributed by atoms with Crippen molar-refractivity contribution in [2.24, 2.45) is 17.8 Å². The van der Waals surface area contributed by atoms with E-state index in [1.54, 1.807) is 4.90 Å². The number of likely N-dealkylation sites (tertiary alicyclic amines) is 1. The van der Waals surface area contributed by atoms with E-state index in [-0.39, 0.29) is 23.6 Å². The first kappa shape index (κ1) is 19.6. The number of amides is 1. The first-order valence-electron chi connectivity index (χ1n) is 8.71. The van der Waals surface area contributed by atoms with Crippen LogP contribution in [0.2, 0.25) is 0 Å². The molecule has 0 aromatic carbocycles. The number of ether oxygens (including phenoxy) is 3. The lowest BCUT2D eigenvalue weighted by Crippen LogP contribution is -2.37. The average Bonchev–Trinajstić information content (AvgIpc) is 2.99. The van der Waals surface area contributed by atoms with Crippen molar-refractivity contribution in [2.75, 3.05) is 26.8 Å². The number of methoxy groups -OCH3 is 1. The van der Waals surface area contributed by atoms with Crippen LogP contribution >= 0.6 is 0 Å². The average molecular weight is 388 g/mol. The van der Waals surface area contributed by atoms with Crippen molar-refractivity contribution < 1.29 is 32.2 Å². The molecule has 6 nitrogen and oxygen atoms in total. The van der Waals surface area contributed by atoms with Gasteiger partial charge in [0.15, 0.2) is 5.75 Å². The van der Waals surface area contributed by atoms with Gasteiger partial charge in [0, 0.05) is 25.2 Å². The molecule has 1 aromatic rings. The van der Waals surface area contributed by atoms with Gasteiger partial charge in [0.25, 0.3) is 5.88 Å². The molecule has 1 aliphatic carbocycles. The van der Waals surface area contributed by atoms with Crippen LogP contribution in [0.3, 0.4) is 0 Å². The summed E-state index contributed by atoms with van der Waals surface area (Å²) in [6, 6.07) is 0.875. The van der Waals surface area contributed by atoms with E-state index in [1.165, 1.54) is 7.11 Å². The molecule has 0 spiro atoms. The zero-order valence-corrected chi connectivity index (χ0v) is 15.7. The third-order valence-corrected chi connectivity index (χ3v) is 4.80. The maximum atomic E-state index is 12.7. The fraction of sp³-hybridized carbons (Fsp3) is 0.667. The lowest BCUT2D eigenvalue weighted by Gasteiger charge is -2.25. The summed E-state index contributed by atoms with van der Waals surface area (Å²) in [5.41, 5.74) is -1.42. The first-order valence-corrected chi connectivity index (χ1v) is 8.71. The van der Waals surface area contributed by atoms with Crippen LogP contribution in [0, 0.1) is 17.8 Å². The number of fused-ring (bicyclic) bond motifs is 1. The number of pyridine rings is 1. The van der Waals surface area contributed by atoms with Crippen LogP contribution in [0.5, 0.6) is 11.6 Å². The van der Waals surface area contributed by atoms with Gasteiger partial charge in [0.1, 0.15) is 5.60 Å². The quantitative estimate of drug-likeness (QED) is 0.789. The molecule has 1 amide bonds. The van der Waals surface area contributed by atoms with Crippen molar-refractivity contribution in [1.29, 1.82) is 0 Å². The van der Waals surface area contributed by atoms with Crippen molar-refractivity contribution in [3.63, 3.8) is 0 Å². The van der Waals surface area contributed by atoms with Crippen LogP contribution in [0.1, 0.15) is 26.3 Å². The Kier molecular flexibility index (Phi) is 4.90. The molecule has 3 atom stereocenters. The second kappa shape index (κ2) is 6.76. The van der Waals surface area contributed by atoms with Gasteiger partial charge in [-0.3, -0.25) is 0 Å². The summed E-state index contributed by atoms with van der Waals surface area (Å²) in [5, 5.41) is 0. The molecule has 2 aliphatic rings. The highest BCUT2D eigenvalue weighted by Gasteiger charge is 2.57. The number of hydrogen-bond acceptors (Lipinski definition) is 5. The smallest absolute Gasteiger partial charge is 0.418 e. The molecule has 1 saturated carbocycles. The normalized spacial score (nSPS) is 24.4. The van der Waals surface area contributed by atoms with Crippen LogP contribution < -0.4 is 9.47 Å². The first-order chi connectivity index (χ1) is 12.5. The Morgan fingerprint density at radius 2 is 1.89 bits per heavy atom. The molecule has 0 bridgehead atoms. The second-order valence-electron chi connectivity index (χ2n) is 7.92. The largest absolute Gasteiger partial charge is 0.491 e. The van der Waals surface area contributed by atoms with E-state index in [4.69, 9.17) is 14.2 Å². The Morgan fingerprint density at radius 3 is 2.41 bits per heavy atom. The molecular weight excluding hydrogens is 365 g/mol. The Morgan fingerprint density at radius 1 is 1.26 bits per heavy atom. The molecule has 2 heterocycles. The molecule has 27 heavy (non-hydrogen) atoms. The van der Waals surface area contributed by atoms with Gasteiger partial charge in [-0.2, -0.15) is 13.2 Å². The molecule has 0 N–H and O–H groups in total. The molecule has 2 fully saturated rings. The monoisotopic (exact) mass is 388 g/mol. The fourth-order valence-electron chi connectivity index (χ4n) is 3.39. The minimum absolute atomic E-state index is 0.0412. The molecule has 1 unspecified atom stereocenters. The molecule has 1 aliphatic heterocycles. The molecule has 150 valence electrons. The van der Waals surface area contributed by atoms with Gasteiger partial charge < -0.3 is 19.1 Å². The lowest BCUT2D eigenvalue weighted by atomic mass is 10.2. The van der Waals surface area contributed by atoms with Gasteiger partial charge in [0.05, 0.1) is 19.3 Å². The zero-order chi connectivity index (χ0) is 20.0. The predicted octanol–water partition coefficient (Wildman–Crippen LogP) is 3.60. The lowest BCUT2D eigenvalue weighted by molar-refractivity contribution is -0.138. The van der Waals surface area contributed by atoms with Gasteiger partial charge >= 0.3 is 12.3 Å². The van der Waals surface area contributed by atoms with Crippen LogP contribution in [0.4, 0.5) is 18.0 Å². The third kappa shape index (κ3) is 4.39. The Bertz CT molecular complexity index is 706. The molecule has 1 saturated heterocycles. The standard InChI is InChI=1S/C18H23F3N2O4/c1-17(2,3)27-16(24)23-7-11-12(8-23)13(11)9-26-15-14(25-4)5-10(6-22-15)18(19,20)21/h5-6,11-13H,7-9H2,1-4H3/t11-,12+,13?. The van der Waals surface area contributed by atoms with E-state index >= 15 is 0 Å². The van der Waals surface area contributed by atoms with E-state index in [0.29, 0.717) is 31.5 Å². The SMILES string of the molecule is COc1cc(C(F)(F)F)cnc1OCC1[C@H]2CN(C(=O)OC(C)(C)C)C[C@@H]12. The number of carbonyl (C=O) groups is 1. The van der Waals surface area contributed by atoms with E-state index in [9.17, 15) is 18.0 Å². The van der Waals surface area contributed by atoms with Crippen LogP contribution in [-0.4, -0.2) is 48.4 Å². The number of alkyl halides is 3.